The molecule has 4 aromatic carbocycles. The number of carbonyl (C=O) groups excluding carboxylic acids is 2. The van der Waals surface area contributed by atoms with E-state index >= 15 is 0 Å². The average molecular weight is 349 g/mol. The van der Waals surface area contributed by atoms with Crippen molar-refractivity contribution in [1.82, 2.24) is 0 Å². The molecule has 0 saturated heterocycles. The van der Waals surface area contributed by atoms with Crippen molar-refractivity contribution in [2.75, 3.05) is 4.90 Å². The molecule has 0 N–H and O–H groups in total. The minimum absolute atomic E-state index is 0.273. The van der Waals surface area contributed by atoms with Crippen LogP contribution in [0.4, 0.5) is 5.69 Å². The second-order valence-electron chi connectivity index (χ2n) is 6.57. The van der Waals surface area contributed by atoms with Crippen molar-refractivity contribution < 1.29 is 9.59 Å². The third kappa shape index (κ3) is 2.36. The number of anilines is 1. The Morgan fingerprint density at radius 1 is 0.556 bits per heavy atom. The molecular weight excluding hydrogens is 334 g/mol. The quantitative estimate of drug-likeness (QED) is 0.460. The van der Waals surface area contributed by atoms with Crippen LogP contribution in [0, 0.1) is 0 Å². The smallest absolute Gasteiger partial charge is 0.266 e. The van der Waals surface area contributed by atoms with E-state index in [4.69, 9.17) is 0 Å². The van der Waals surface area contributed by atoms with Crippen molar-refractivity contribution in [3.63, 3.8) is 0 Å². The molecule has 1 aliphatic heterocycles. The number of carbonyl (C=O) groups is 2. The molecule has 0 saturated carbocycles. The van der Waals surface area contributed by atoms with Gasteiger partial charge in [-0.3, -0.25) is 9.59 Å². The molecule has 0 unspecified atom stereocenters. The first-order valence-electron chi connectivity index (χ1n) is 8.80. The van der Waals surface area contributed by atoms with Gasteiger partial charge in [0.2, 0.25) is 0 Å². The molecule has 1 aliphatic rings. The monoisotopic (exact) mass is 349 g/mol. The molecule has 3 heteroatoms. The second kappa shape index (κ2) is 5.92. The van der Waals surface area contributed by atoms with Crippen LogP contribution in [0.15, 0.2) is 91.0 Å². The predicted octanol–water partition coefficient (Wildman–Crippen LogP) is 5.31. The molecule has 2 amide bonds. The Morgan fingerprint density at radius 2 is 1.15 bits per heavy atom. The Balaban J connectivity index is 1.63. The number of imide groups is 1. The van der Waals surface area contributed by atoms with Gasteiger partial charge in [-0.1, -0.05) is 66.7 Å². The number of hydrogen-bond acceptors (Lipinski definition) is 2. The summed E-state index contributed by atoms with van der Waals surface area (Å²) >= 11 is 0. The van der Waals surface area contributed by atoms with Gasteiger partial charge in [-0.2, -0.15) is 0 Å². The van der Waals surface area contributed by atoms with Gasteiger partial charge in [0.15, 0.2) is 0 Å². The van der Waals surface area contributed by atoms with Gasteiger partial charge in [0.25, 0.3) is 11.8 Å². The Morgan fingerprint density at radius 3 is 1.93 bits per heavy atom. The second-order valence-corrected chi connectivity index (χ2v) is 6.57. The van der Waals surface area contributed by atoms with E-state index < -0.39 is 0 Å². The molecule has 5 rings (SSSR count). The zero-order valence-corrected chi connectivity index (χ0v) is 14.4. The standard InChI is InChI=1S/C24H15NO2/c26-23-21-12-3-4-13-22(21)24(27)25(23)18-10-5-9-17(15-18)20-14-6-8-16-7-1-2-11-19(16)20/h1-15H. The van der Waals surface area contributed by atoms with E-state index in [1.807, 2.05) is 36.4 Å². The average Bonchev–Trinajstić information content (AvgIpc) is 2.98. The van der Waals surface area contributed by atoms with Crippen LogP contribution in [-0.2, 0) is 0 Å². The van der Waals surface area contributed by atoms with E-state index in [0.717, 1.165) is 21.9 Å². The maximum Gasteiger partial charge on any atom is 0.266 e. The summed E-state index contributed by atoms with van der Waals surface area (Å²) in [6.45, 7) is 0. The summed E-state index contributed by atoms with van der Waals surface area (Å²) < 4.78 is 0. The zero-order valence-electron chi connectivity index (χ0n) is 14.4. The molecule has 0 spiro atoms. The third-order valence-corrected chi connectivity index (χ3v) is 5.00. The molecule has 0 radical (unpaired) electrons. The van der Waals surface area contributed by atoms with Crippen molar-refractivity contribution in [3.8, 4) is 11.1 Å². The van der Waals surface area contributed by atoms with Crippen LogP contribution in [0.2, 0.25) is 0 Å². The normalized spacial score (nSPS) is 13.3. The topological polar surface area (TPSA) is 37.4 Å². The van der Waals surface area contributed by atoms with Crippen LogP contribution in [0.3, 0.4) is 0 Å². The summed E-state index contributed by atoms with van der Waals surface area (Å²) in [6, 6.07) is 28.9. The first-order valence-corrected chi connectivity index (χ1v) is 8.80. The highest BCUT2D eigenvalue weighted by atomic mass is 16.2. The van der Waals surface area contributed by atoms with Gasteiger partial charge >= 0.3 is 0 Å². The zero-order chi connectivity index (χ0) is 18.4. The number of fused-ring (bicyclic) bond motifs is 2. The van der Waals surface area contributed by atoms with Crippen LogP contribution in [0.1, 0.15) is 20.7 Å². The van der Waals surface area contributed by atoms with Crippen LogP contribution in [-0.4, -0.2) is 11.8 Å². The third-order valence-electron chi connectivity index (χ3n) is 5.00. The molecule has 0 aromatic heterocycles. The lowest BCUT2D eigenvalue weighted by molar-refractivity contribution is 0.0926. The molecule has 0 bridgehead atoms. The first-order chi connectivity index (χ1) is 13.2. The van der Waals surface area contributed by atoms with Crippen molar-refractivity contribution >= 4 is 28.3 Å². The first kappa shape index (κ1) is 15.5. The maximum atomic E-state index is 12.8. The molecule has 128 valence electrons. The molecule has 0 aliphatic carbocycles. The summed E-state index contributed by atoms with van der Waals surface area (Å²) in [5.74, 6) is -0.545. The summed E-state index contributed by atoms with van der Waals surface area (Å²) in [4.78, 5) is 26.8. The summed E-state index contributed by atoms with van der Waals surface area (Å²) in [7, 11) is 0. The summed E-state index contributed by atoms with van der Waals surface area (Å²) in [5, 5.41) is 2.29. The Hall–Kier alpha value is -3.72. The molecule has 0 atom stereocenters. The SMILES string of the molecule is O=C1c2ccccc2C(=O)N1c1cccc(-c2cccc3ccccc23)c1. The lowest BCUT2D eigenvalue weighted by atomic mass is 9.98. The van der Waals surface area contributed by atoms with E-state index in [2.05, 4.69) is 24.3 Å². The molecule has 4 aromatic rings. The van der Waals surface area contributed by atoms with Crippen molar-refractivity contribution in [2.45, 2.75) is 0 Å². The van der Waals surface area contributed by atoms with E-state index in [1.54, 1.807) is 30.3 Å². The largest absolute Gasteiger partial charge is 0.268 e. The van der Waals surface area contributed by atoms with Gasteiger partial charge < -0.3 is 0 Å². The van der Waals surface area contributed by atoms with Gasteiger partial charge in [-0.15, -0.1) is 0 Å². The number of hydrogen-bond donors (Lipinski definition) is 0. The van der Waals surface area contributed by atoms with E-state index in [9.17, 15) is 9.59 Å². The highest BCUT2D eigenvalue weighted by Crippen LogP contribution is 2.33. The van der Waals surface area contributed by atoms with Crippen LogP contribution < -0.4 is 4.90 Å². The van der Waals surface area contributed by atoms with Gasteiger partial charge in [0, 0.05) is 0 Å². The minimum Gasteiger partial charge on any atom is -0.268 e. The Labute approximate surface area is 156 Å². The van der Waals surface area contributed by atoms with Gasteiger partial charge in [0.1, 0.15) is 0 Å². The highest BCUT2D eigenvalue weighted by molar-refractivity contribution is 6.34. The number of benzene rings is 4. The minimum atomic E-state index is -0.273. The van der Waals surface area contributed by atoms with Crippen molar-refractivity contribution in [2.24, 2.45) is 0 Å². The fourth-order valence-corrected chi connectivity index (χ4v) is 3.71. The van der Waals surface area contributed by atoms with Crippen LogP contribution in [0.5, 0.6) is 0 Å². The lowest BCUT2D eigenvalue weighted by Crippen LogP contribution is -2.29. The molecule has 1 heterocycles. The molecule has 0 fully saturated rings. The van der Waals surface area contributed by atoms with Gasteiger partial charge in [-0.05, 0) is 46.2 Å². The van der Waals surface area contributed by atoms with E-state index in [-0.39, 0.29) is 11.8 Å². The Bertz CT molecular complexity index is 1190. The van der Waals surface area contributed by atoms with Crippen LogP contribution >= 0.6 is 0 Å². The lowest BCUT2D eigenvalue weighted by Gasteiger charge is -2.16. The van der Waals surface area contributed by atoms with Crippen LogP contribution in [0.25, 0.3) is 21.9 Å². The number of rotatable bonds is 2. The fraction of sp³-hybridized carbons (Fsp3) is 0. The molecule has 3 nitrogen and oxygen atoms in total. The fourth-order valence-electron chi connectivity index (χ4n) is 3.71. The number of nitrogens with zero attached hydrogens (tertiary/aromatic N) is 1. The number of amides is 2. The highest BCUT2D eigenvalue weighted by Gasteiger charge is 2.36. The van der Waals surface area contributed by atoms with Crippen molar-refractivity contribution in [1.29, 1.82) is 0 Å². The van der Waals surface area contributed by atoms with Gasteiger partial charge in [-0.25, -0.2) is 4.90 Å². The maximum absolute atomic E-state index is 12.8. The summed E-state index contributed by atoms with van der Waals surface area (Å²) in [5.41, 5.74) is 3.55. The molecule has 27 heavy (non-hydrogen) atoms. The molecular formula is C24H15NO2. The van der Waals surface area contributed by atoms with Crippen molar-refractivity contribution in [3.05, 3.63) is 102 Å². The van der Waals surface area contributed by atoms with Gasteiger partial charge in [0.05, 0.1) is 16.8 Å². The Kier molecular flexibility index (Phi) is 3.41. The predicted molar refractivity (Wildman–Crippen MR) is 107 cm³/mol. The summed E-state index contributed by atoms with van der Waals surface area (Å²) in [6.07, 6.45) is 0. The van der Waals surface area contributed by atoms with E-state index in [0.29, 0.717) is 16.8 Å². The van der Waals surface area contributed by atoms with E-state index in [1.165, 1.54) is 4.90 Å².